The molecule has 4 heterocycles. The van der Waals surface area contributed by atoms with Crippen LogP contribution in [0.15, 0.2) is 23.2 Å². The third kappa shape index (κ3) is 3.27. The average molecular weight is 388 g/mol. The van der Waals surface area contributed by atoms with Crippen molar-refractivity contribution in [2.24, 2.45) is 0 Å². The molecule has 1 N–H and O–H groups in total. The Hall–Kier alpha value is -2.19. The largest absolute Gasteiger partial charge is 0.375 e. The number of hydrogen-bond acceptors (Lipinski definition) is 5. The van der Waals surface area contributed by atoms with Gasteiger partial charge in [-0.2, -0.15) is 11.3 Å². The Bertz CT molecular complexity index is 809. The highest BCUT2D eigenvalue weighted by Gasteiger charge is 2.48. The number of H-pyrrole nitrogens is 1. The number of imidazole rings is 1. The van der Waals surface area contributed by atoms with Crippen LogP contribution in [-0.4, -0.2) is 64.9 Å². The van der Waals surface area contributed by atoms with Crippen LogP contribution in [-0.2, 0) is 32.7 Å². The SMILES string of the molecule is COCC(=O)N1CCc2[nH]cnc2C12CCN(C(=O)Cc1ccsc1)CC2. The fourth-order valence-electron chi connectivity index (χ4n) is 4.36. The number of ether oxygens (including phenoxy) is 1. The second kappa shape index (κ2) is 7.44. The summed E-state index contributed by atoms with van der Waals surface area (Å²) in [6.07, 6.45) is 4.33. The summed E-state index contributed by atoms with van der Waals surface area (Å²) in [6, 6.07) is 2.00. The molecule has 0 bridgehead atoms. The molecule has 2 aliphatic heterocycles. The van der Waals surface area contributed by atoms with Gasteiger partial charge in [-0.3, -0.25) is 9.59 Å². The van der Waals surface area contributed by atoms with Gasteiger partial charge in [0.2, 0.25) is 11.8 Å². The summed E-state index contributed by atoms with van der Waals surface area (Å²) in [4.78, 5) is 37.0. The summed E-state index contributed by atoms with van der Waals surface area (Å²) < 4.78 is 5.10. The van der Waals surface area contributed by atoms with E-state index >= 15 is 0 Å². The number of carbonyl (C=O) groups excluding carboxylic acids is 2. The average Bonchev–Trinajstić information content (AvgIpc) is 3.35. The Labute approximate surface area is 162 Å². The number of piperidine rings is 1. The molecule has 0 atom stereocenters. The van der Waals surface area contributed by atoms with Crippen LogP contribution in [0.5, 0.6) is 0 Å². The van der Waals surface area contributed by atoms with Crippen LogP contribution in [0.1, 0.15) is 29.8 Å². The molecule has 144 valence electrons. The maximum atomic E-state index is 12.7. The number of likely N-dealkylation sites (tertiary alicyclic amines) is 1. The Kier molecular flexibility index (Phi) is 5.01. The Balaban J connectivity index is 1.53. The number of aromatic amines is 1. The van der Waals surface area contributed by atoms with Crippen molar-refractivity contribution >= 4 is 23.2 Å². The number of rotatable bonds is 4. The fourth-order valence-corrected chi connectivity index (χ4v) is 5.02. The molecular weight excluding hydrogens is 364 g/mol. The monoisotopic (exact) mass is 388 g/mol. The molecule has 0 unspecified atom stereocenters. The Morgan fingerprint density at radius 1 is 1.30 bits per heavy atom. The van der Waals surface area contributed by atoms with Gasteiger partial charge >= 0.3 is 0 Å². The number of nitrogens with one attached hydrogen (secondary N) is 1. The summed E-state index contributed by atoms with van der Waals surface area (Å²) in [5, 5.41) is 4.01. The highest BCUT2D eigenvalue weighted by molar-refractivity contribution is 7.08. The first-order valence-corrected chi connectivity index (χ1v) is 10.2. The van der Waals surface area contributed by atoms with E-state index in [0.29, 0.717) is 38.9 Å². The lowest BCUT2D eigenvalue weighted by molar-refractivity contribution is -0.147. The number of nitrogens with zero attached hydrogens (tertiary/aromatic N) is 3. The maximum absolute atomic E-state index is 12.7. The van der Waals surface area contributed by atoms with Gasteiger partial charge in [-0.15, -0.1) is 0 Å². The first-order chi connectivity index (χ1) is 13.1. The molecule has 0 radical (unpaired) electrons. The quantitative estimate of drug-likeness (QED) is 0.862. The smallest absolute Gasteiger partial charge is 0.249 e. The molecule has 2 amide bonds. The van der Waals surface area contributed by atoms with E-state index in [-0.39, 0.29) is 18.4 Å². The molecule has 1 spiro atoms. The normalized spacial score (nSPS) is 18.6. The van der Waals surface area contributed by atoms with Crippen LogP contribution in [0.2, 0.25) is 0 Å². The van der Waals surface area contributed by atoms with Crippen molar-refractivity contribution in [1.82, 2.24) is 19.8 Å². The predicted octanol–water partition coefficient (Wildman–Crippen LogP) is 1.56. The number of thiophene rings is 1. The molecule has 4 rings (SSSR count). The van der Waals surface area contributed by atoms with E-state index in [2.05, 4.69) is 9.97 Å². The van der Waals surface area contributed by atoms with Crippen molar-refractivity contribution < 1.29 is 14.3 Å². The van der Waals surface area contributed by atoms with E-state index < -0.39 is 5.54 Å². The minimum Gasteiger partial charge on any atom is -0.375 e. The molecule has 0 aliphatic carbocycles. The van der Waals surface area contributed by atoms with Gasteiger partial charge in [0.25, 0.3) is 0 Å². The number of amides is 2. The highest BCUT2D eigenvalue weighted by Crippen LogP contribution is 2.42. The molecule has 2 aromatic heterocycles. The number of methoxy groups -OCH3 is 1. The standard InChI is InChI=1S/C19H24N4O3S/c1-26-11-17(25)23-6-2-15-18(21-13-20-15)19(23)4-7-22(8-5-19)16(24)10-14-3-9-27-12-14/h3,9,12-13H,2,4-8,10-11H2,1H3,(H,20,21). The van der Waals surface area contributed by atoms with Gasteiger partial charge in [-0.25, -0.2) is 4.98 Å². The summed E-state index contributed by atoms with van der Waals surface area (Å²) in [7, 11) is 1.54. The van der Waals surface area contributed by atoms with Gasteiger partial charge in [0.15, 0.2) is 0 Å². The number of carbonyl (C=O) groups is 2. The van der Waals surface area contributed by atoms with Crippen LogP contribution in [0.25, 0.3) is 0 Å². The van der Waals surface area contributed by atoms with E-state index in [9.17, 15) is 9.59 Å². The second-order valence-corrected chi connectivity index (χ2v) is 7.96. The van der Waals surface area contributed by atoms with Crippen LogP contribution in [0.4, 0.5) is 0 Å². The first-order valence-electron chi connectivity index (χ1n) is 9.25. The summed E-state index contributed by atoms with van der Waals surface area (Å²) in [6.45, 7) is 1.99. The lowest BCUT2D eigenvalue weighted by Gasteiger charge is -2.50. The molecule has 27 heavy (non-hydrogen) atoms. The zero-order chi connectivity index (χ0) is 18.9. The van der Waals surface area contributed by atoms with E-state index in [1.165, 1.54) is 0 Å². The lowest BCUT2D eigenvalue weighted by atomic mass is 9.78. The Morgan fingerprint density at radius 3 is 2.81 bits per heavy atom. The molecule has 8 heteroatoms. The molecule has 2 aromatic rings. The zero-order valence-corrected chi connectivity index (χ0v) is 16.3. The lowest BCUT2D eigenvalue weighted by Crippen LogP contribution is -2.59. The van der Waals surface area contributed by atoms with Crippen LogP contribution in [0.3, 0.4) is 0 Å². The van der Waals surface area contributed by atoms with Crippen LogP contribution in [0, 0.1) is 0 Å². The van der Waals surface area contributed by atoms with Crippen molar-refractivity contribution in [3.05, 3.63) is 40.1 Å². The molecule has 2 aliphatic rings. The first kappa shape index (κ1) is 18.2. The molecular formula is C19H24N4O3S. The van der Waals surface area contributed by atoms with E-state index in [1.54, 1.807) is 24.8 Å². The molecule has 7 nitrogen and oxygen atoms in total. The Morgan fingerprint density at radius 2 is 2.11 bits per heavy atom. The van der Waals surface area contributed by atoms with Crippen molar-refractivity contribution in [3.63, 3.8) is 0 Å². The topological polar surface area (TPSA) is 78.5 Å². The maximum Gasteiger partial charge on any atom is 0.249 e. The molecule has 1 fully saturated rings. The predicted molar refractivity (Wildman–Crippen MR) is 101 cm³/mol. The third-order valence-electron chi connectivity index (χ3n) is 5.71. The number of hydrogen-bond donors (Lipinski definition) is 1. The highest BCUT2D eigenvalue weighted by atomic mass is 32.1. The summed E-state index contributed by atoms with van der Waals surface area (Å²) in [5.41, 5.74) is 2.69. The summed E-state index contributed by atoms with van der Waals surface area (Å²) in [5.74, 6) is 0.139. The third-order valence-corrected chi connectivity index (χ3v) is 6.44. The van der Waals surface area contributed by atoms with Gasteiger partial charge in [0.05, 0.1) is 24.0 Å². The van der Waals surface area contributed by atoms with Crippen LogP contribution >= 0.6 is 11.3 Å². The van der Waals surface area contributed by atoms with Crippen molar-refractivity contribution in [2.45, 2.75) is 31.2 Å². The van der Waals surface area contributed by atoms with Gasteiger partial charge in [-0.05, 0) is 35.2 Å². The molecule has 0 saturated carbocycles. The van der Waals surface area contributed by atoms with Crippen molar-refractivity contribution in [1.29, 1.82) is 0 Å². The second-order valence-electron chi connectivity index (χ2n) is 7.18. The van der Waals surface area contributed by atoms with Crippen molar-refractivity contribution in [3.8, 4) is 0 Å². The zero-order valence-electron chi connectivity index (χ0n) is 15.4. The fraction of sp³-hybridized carbons (Fsp3) is 0.526. The van der Waals surface area contributed by atoms with Gasteiger partial charge in [-0.1, -0.05) is 0 Å². The number of aromatic nitrogens is 2. The van der Waals surface area contributed by atoms with E-state index in [0.717, 1.165) is 23.4 Å². The number of fused-ring (bicyclic) bond motifs is 2. The van der Waals surface area contributed by atoms with Crippen molar-refractivity contribution in [2.75, 3.05) is 33.4 Å². The van der Waals surface area contributed by atoms with E-state index in [4.69, 9.17) is 4.74 Å². The molecule has 1 saturated heterocycles. The minimum absolute atomic E-state index is 0.0100. The van der Waals surface area contributed by atoms with Gasteiger partial charge in [0, 0.05) is 38.9 Å². The van der Waals surface area contributed by atoms with Gasteiger partial charge in [0.1, 0.15) is 6.61 Å². The van der Waals surface area contributed by atoms with Crippen LogP contribution < -0.4 is 0 Å². The van der Waals surface area contributed by atoms with E-state index in [1.807, 2.05) is 26.6 Å². The molecule has 0 aromatic carbocycles. The minimum atomic E-state index is -0.442. The summed E-state index contributed by atoms with van der Waals surface area (Å²) >= 11 is 1.61. The van der Waals surface area contributed by atoms with Gasteiger partial charge < -0.3 is 19.5 Å².